The van der Waals surface area contributed by atoms with Crippen LogP contribution in [-0.4, -0.2) is 18.8 Å². The van der Waals surface area contributed by atoms with E-state index in [1.54, 1.807) is 0 Å². The predicted molar refractivity (Wildman–Crippen MR) is 74.7 cm³/mol. The first-order chi connectivity index (χ1) is 9.65. The quantitative estimate of drug-likeness (QED) is 0.896. The molecule has 2 nitrogen and oxygen atoms in total. The van der Waals surface area contributed by atoms with Gasteiger partial charge in [0.1, 0.15) is 11.6 Å². The molecule has 2 saturated carbocycles. The minimum absolute atomic E-state index is 0.120. The maximum absolute atomic E-state index is 13.8. The van der Waals surface area contributed by atoms with Crippen molar-refractivity contribution in [3.8, 4) is 0 Å². The molecule has 1 aromatic rings. The minimum atomic E-state index is -0.407. The second-order valence-electron chi connectivity index (χ2n) is 5.94. The molecular formula is C16H21F2NO. The predicted octanol–water partition coefficient (Wildman–Crippen LogP) is 4.11. The number of ether oxygens (including phenoxy) is 1. The van der Waals surface area contributed by atoms with Crippen molar-refractivity contribution in [2.45, 2.75) is 51.2 Å². The van der Waals surface area contributed by atoms with Crippen molar-refractivity contribution in [1.29, 1.82) is 0 Å². The highest BCUT2D eigenvalue weighted by Crippen LogP contribution is 2.55. The van der Waals surface area contributed by atoms with Crippen LogP contribution in [-0.2, 0) is 4.74 Å². The van der Waals surface area contributed by atoms with Gasteiger partial charge >= 0.3 is 0 Å². The van der Waals surface area contributed by atoms with E-state index in [2.05, 4.69) is 5.32 Å². The highest BCUT2D eigenvalue weighted by molar-refractivity contribution is 5.47. The number of hydrogen-bond donors (Lipinski definition) is 1. The third-order valence-corrected chi connectivity index (χ3v) is 4.95. The number of halogens is 2. The molecule has 2 atom stereocenters. The molecular weight excluding hydrogens is 260 g/mol. The van der Waals surface area contributed by atoms with Gasteiger partial charge in [0, 0.05) is 18.1 Å². The summed E-state index contributed by atoms with van der Waals surface area (Å²) in [5.74, 6) is -0.797. The Morgan fingerprint density at radius 3 is 2.75 bits per heavy atom. The SMILES string of the molecule is CCOC1CC(Nc2cc(F)ccc2F)C12CCCC2. The third kappa shape index (κ3) is 2.20. The molecule has 4 heteroatoms. The topological polar surface area (TPSA) is 21.3 Å². The summed E-state index contributed by atoms with van der Waals surface area (Å²) in [6.07, 6.45) is 5.78. The Kier molecular flexibility index (Phi) is 3.67. The summed E-state index contributed by atoms with van der Waals surface area (Å²) in [5, 5.41) is 3.21. The smallest absolute Gasteiger partial charge is 0.146 e. The lowest BCUT2D eigenvalue weighted by Crippen LogP contribution is -2.60. The third-order valence-electron chi connectivity index (χ3n) is 4.95. The van der Waals surface area contributed by atoms with E-state index in [0.717, 1.165) is 25.3 Å². The zero-order valence-electron chi connectivity index (χ0n) is 11.8. The highest BCUT2D eigenvalue weighted by atomic mass is 19.1. The van der Waals surface area contributed by atoms with E-state index in [-0.39, 0.29) is 29.1 Å². The first-order valence-corrected chi connectivity index (χ1v) is 7.49. The molecule has 1 aromatic carbocycles. The van der Waals surface area contributed by atoms with Crippen LogP contribution in [0.1, 0.15) is 39.0 Å². The molecule has 2 fully saturated rings. The van der Waals surface area contributed by atoms with Crippen molar-refractivity contribution in [1.82, 2.24) is 0 Å². The van der Waals surface area contributed by atoms with E-state index in [0.29, 0.717) is 6.61 Å². The lowest BCUT2D eigenvalue weighted by Gasteiger charge is -2.54. The Morgan fingerprint density at radius 2 is 2.05 bits per heavy atom. The van der Waals surface area contributed by atoms with Gasteiger partial charge in [-0.25, -0.2) is 8.78 Å². The van der Waals surface area contributed by atoms with E-state index in [4.69, 9.17) is 4.74 Å². The van der Waals surface area contributed by atoms with Gasteiger partial charge in [-0.05, 0) is 44.4 Å². The summed E-state index contributed by atoms with van der Waals surface area (Å²) in [6, 6.07) is 3.76. The van der Waals surface area contributed by atoms with Crippen LogP contribution in [0.4, 0.5) is 14.5 Å². The Bertz CT molecular complexity index is 485. The Balaban J connectivity index is 1.76. The summed E-state index contributed by atoms with van der Waals surface area (Å²) in [4.78, 5) is 0. The van der Waals surface area contributed by atoms with Gasteiger partial charge in [-0.15, -0.1) is 0 Å². The molecule has 110 valence electrons. The van der Waals surface area contributed by atoms with Crippen molar-refractivity contribution in [3.05, 3.63) is 29.8 Å². The maximum atomic E-state index is 13.8. The summed E-state index contributed by atoms with van der Waals surface area (Å²) in [7, 11) is 0. The maximum Gasteiger partial charge on any atom is 0.146 e. The largest absolute Gasteiger partial charge is 0.379 e. The van der Waals surface area contributed by atoms with E-state index in [1.165, 1.54) is 25.0 Å². The monoisotopic (exact) mass is 281 g/mol. The van der Waals surface area contributed by atoms with Crippen LogP contribution in [0.25, 0.3) is 0 Å². The molecule has 0 aromatic heterocycles. The molecule has 0 heterocycles. The first-order valence-electron chi connectivity index (χ1n) is 7.49. The molecule has 0 saturated heterocycles. The summed E-state index contributed by atoms with van der Waals surface area (Å²) in [5.41, 5.74) is 0.394. The van der Waals surface area contributed by atoms with E-state index < -0.39 is 5.82 Å². The zero-order valence-corrected chi connectivity index (χ0v) is 11.8. The number of rotatable bonds is 4. The van der Waals surface area contributed by atoms with Crippen LogP contribution < -0.4 is 5.32 Å². The number of hydrogen-bond acceptors (Lipinski definition) is 2. The molecule has 2 unspecified atom stereocenters. The second kappa shape index (κ2) is 5.32. The Hall–Kier alpha value is -1.16. The fraction of sp³-hybridized carbons (Fsp3) is 0.625. The van der Waals surface area contributed by atoms with Crippen molar-refractivity contribution in [2.24, 2.45) is 5.41 Å². The van der Waals surface area contributed by atoms with E-state index >= 15 is 0 Å². The fourth-order valence-electron chi connectivity index (χ4n) is 3.88. The summed E-state index contributed by atoms with van der Waals surface area (Å²) < 4.78 is 32.8. The van der Waals surface area contributed by atoms with Gasteiger partial charge in [0.05, 0.1) is 11.8 Å². The van der Waals surface area contributed by atoms with Crippen LogP contribution in [0, 0.1) is 17.0 Å². The van der Waals surface area contributed by atoms with Gasteiger partial charge in [0.25, 0.3) is 0 Å². The van der Waals surface area contributed by atoms with Crippen LogP contribution in [0.15, 0.2) is 18.2 Å². The minimum Gasteiger partial charge on any atom is -0.379 e. The molecule has 2 aliphatic carbocycles. The lowest BCUT2D eigenvalue weighted by molar-refractivity contribution is -0.114. The average molecular weight is 281 g/mol. The van der Waals surface area contributed by atoms with Crippen molar-refractivity contribution < 1.29 is 13.5 Å². The molecule has 0 amide bonds. The zero-order chi connectivity index (χ0) is 14.2. The normalized spacial score (nSPS) is 27.6. The molecule has 1 spiro atoms. The molecule has 20 heavy (non-hydrogen) atoms. The van der Waals surface area contributed by atoms with Crippen molar-refractivity contribution >= 4 is 5.69 Å². The van der Waals surface area contributed by atoms with Crippen LogP contribution in [0.3, 0.4) is 0 Å². The van der Waals surface area contributed by atoms with Gasteiger partial charge in [-0.3, -0.25) is 0 Å². The van der Waals surface area contributed by atoms with E-state index in [1.807, 2.05) is 6.92 Å². The van der Waals surface area contributed by atoms with Gasteiger partial charge in [0.15, 0.2) is 0 Å². The second-order valence-corrected chi connectivity index (χ2v) is 5.94. The van der Waals surface area contributed by atoms with Crippen LogP contribution >= 0.6 is 0 Å². The lowest BCUT2D eigenvalue weighted by atomic mass is 9.60. The molecule has 1 N–H and O–H groups in total. The van der Waals surface area contributed by atoms with Crippen LogP contribution in [0.5, 0.6) is 0 Å². The van der Waals surface area contributed by atoms with Crippen molar-refractivity contribution in [2.75, 3.05) is 11.9 Å². The molecule has 2 aliphatic rings. The molecule has 0 bridgehead atoms. The van der Waals surface area contributed by atoms with Gasteiger partial charge in [-0.1, -0.05) is 12.8 Å². The molecule has 3 rings (SSSR count). The van der Waals surface area contributed by atoms with Gasteiger partial charge in [-0.2, -0.15) is 0 Å². The molecule has 0 aliphatic heterocycles. The number of anilines is 1. The van der Waals surface area contributed by atoms with E-state index in [9.17, 15) is 8.78 Å². The van der Waals surface area contributed by atoms with Gasteiger partial charge in [0.2, 0.25) is 0 Å². The highest BCUT2D eigenvalue weighted by Gasteiger charge is 2.56. The average Bonchev–Trinajstić information content (AvgIpc) is 2.94. The number of benzene rings is 1. The number of nitrogens with one attached hydrogen (secondary N) is 1. The van der Waals surface area contributed by atoms with Gasteiger partial charge < -0.3 is 10.1 Å². The Morgan fingerprint density at radius 1 is 1.30 bits per heavy atom. The Labute approximate surface area is 118 Å². The summed E-state index contributed by atoms with van der Waals surface area (Å²) in [6.45, 7) is 2.73. The van der Waals surface area contributed by atoms with Crippen LogP contribution in [0.2, 0.25) is 0 Å². The fourth-order valence-corrected chi connectivity index (χ4v) is 3.88. The molecule has 0 radical (unpaired) electrons. The summed E-state index contributed by atoms with van der Waals surface area (Å²) >= 11 is 0. The first kappa shape index (κ1) is 13.8. The standard InChI is InChI=1S/C16H21F2NO/c1-2-20-15-10-14(16(15)7-3-4-8-16)19-13-9-11(17)5-6-12(13)18/h5-6,9,14-15,19H,2-4,7-8,10H2,1H3. The van der Waals surface area contributed by atoms with Crippen molar-refractivity contribution in [3.63, 3.8) is 0 Å².